The Kier molecular flexibility index (Phi) is 6.20. The summed E-state index contributed by atoms with van der Waals surface area (Å²) in [5.41, 5.74) is 3.47. The summed E-state index contributed by atoms with van der Waals surface area (Å²) in [6, 6.07) is 9.28. The second-order valence-corrected chi connectivity index (χ2v) is 9.58. The first-order valence-corrected chi connectivity index (χ1v) is 11.7. The standard InChI is InChI=1S/C23H32N4OS/c1-17(2)25-12-14-27(15-13-25)23(28)20-8-10-26(11-9-20)21-6-4-19(5-7-21)22-16-29-18(3)24-22/h4-7,16-17,20H,8-15H2,1-3H3. The lowest BCUT2D eigenvalue weighted by Gasteiger charge is -2.40. The molecule has 1 aromatic carbocycles. The number of hydrogen-bond donors (Lipinski definition) is 0. The average Bonchev–Trinajstić information content (AvgIpc) is 3.20. The highest BCUT2D eigenvalue weighted by molar-refractivity contribution is 7.09. The number of benzene rings is 1. The molecule has 2 fully saturated rings. The van der Waals surface area contributed by atoms with Gasteiger partial charge in [-0.1, -0.05) is 12.1 Å². The van der Waals surface area contributed by atoms with Gasteiger partial charge in [-0.25, -0.2) is 4.98 Å². The van der Waals surface area contributed by atoms with Crippen LogP contribution in [0.1, 0.15) is 31.7 Å². The van der Waals surface area contributed by atoms with Crippen molar-refractivity contribution in [3.05, 3.63) is 34.7 Å². The number of aromatic nitrogens is 1. The third-order valence-corrected chi connectivity index (χ3v) is 7.12. The molecule has 1 aromatic heterocycles. The normalized spacial score (nSPS) is 19.2. The number of anilines is 1. The molecule has 0 N–H and O–H groups in total. The Morgan fingerprint density at radius 1 is 1.03 bits per heavy atom. The Balaban J connectivity index is 1.30. The maximum absolute atomic E-state index is 13.0. The number of thiazole rings is 1. The van der Waals surface area contributed by atoms with Crippen LogP contribution in [0.3, 0.4) is 0 Å². The van der Waals surface area contributed by atoms with E-state index in [1.807, 2.05) is 6.92 Å². The minimum Gasteiger partial charge on any atom is -0.371 e. The molecule has 5 nitrogen and oxygen atoms in total. The van der Waals surface area contributed by atoms with Crippen LogP contribution < -0.4 is 4.90 Å². The Labute approximate surface area is 178 Å². The predicted molar refractivity (Wildman–Crippen MR) is 121 cm³/mol. The lowest BCUT2D eigenvalue weighted by molar-refractivity contribution is -0.138. The number of aryl methyl sites for hydroxylation is 1. The van der Waals surface area contributed by atoms with E-state index in [9.17, 15) is 4.79 Å². The fourth-order valence-corrected chi connectivity index (χ4v) is 5.06. The van der Waals surface area contributed by atoms with E-state index < -0.39 is 0 Å². The molecule has 0 spiro atoms. The van der Waals surface area contributed by atoms with E-state index >= 15 is 0 Å². The third kappa shape index (κ3) is 4.64. The van der Waals surface area contributed by atoms with E-state index in [0.717, 1.165) is 62.8 Å². The summed E-state index contributed by atoms with van der Waals surface area (Å²) in [6.45, 7) is 12.2. The molecule has 0 saturated carbocycles. The molecule has 4 rings (SSSR count). The molecule has 2 aliphatic heterocycles. The molecule has 0 unspecified atom stereocenters. The van der Waals surface area contributed by atoms with Gasteiger partial charge in [0, 0.05) is 67.9 Å². The summed E-state index contributed by atoms with van der Waals surface area (Å²) >= 11 is 1.69. The maximum Gasteiger partial charge on any atom is 0.225 e. The first kappa shape index (κ1) is 20.4. The van der Waals surface area contributed by atoms with Crippen LogP contribution in [0.5, 0.6) is 0 Å². The number of nitrogens with zero attached hydrogens (tertiary/aromatic N) is 4. The quantitative estimate of drug-likeness (QED) is 0.764. The van der Waals surface area contributed by atoms with Gasteiger partial charge in [-0.2, -0.15) is 0 Å². The molecule has 3 heterocycles. The first-order chi connectivity index (χ1) is 14.0. The van der Waals surface area contributed by atoms with Crippen LogP contribution in [-0.2, 0) is 4.79 Å². The smallest absolute Gasteiger partial charge is 0.225 e. The number of piperazine rings is 1. The molecule has 0 aliphatic carbocycles. The van der Waals surface area contributed by atoms with Crippen LogP contribution in [0.25, 0.3) is 11.3 Å². The minimum atomic E-state index is 0.189. The summed E-state index contributed by atoms with van der Waals surface area (Å²) in [6.07, 6.45) is 1.91. The number of carbonyl (C=O) groups is 1. The number of hydrogen-bond acceptors (Lipinski definition) is 5. The lowest BCUT2D eigenvalue weighted by Crippen LogP contribution is -2.53. The molecule has 0 bridgehead atoms. The topological polar surface area (TPSA) is 39.7 Å². The number of piperidine rings is 1. The largest absolute Gasteiger partial charge is 0.371 e. The van der Waals surface area contributed by atoms with Crippen LogP contribution >= 0.6 is 11.3 Å². The highest BCUT2D eigenvalue weighted by atomic mass is 32.1. The van der Waals surface area contributed by atoms with E-state index in [0.29, 0.717) is 11.9 Å². The molecular weight excluding hydrogens is 380 g/mol. The monoisotopic (exact) mass is 412 g/mol. The molecule has 29 heavy (non-hydrogen) atoms. The Hall–Kier alpha value is -1.92. The van der Waals surface area contributed by atoms with Crippen LogP contribution in [0.2, 0.25) is 0 Å². The summed E-state index contributed by atoms with van der Waals surface area (Å²) < 4.78 is 0. The van der Waals surface area contributed by atoms with Crippen molar-refractivity contribution in [3.8, 4) is 11.3 Å². The van der Waals surface area contributed by atoms with Crippen molar-refractivity contribution in [2.75, 3.05) is 44.2 Å². The molecule has 2 aromatic rings. The van der Waals surface area contributed by atoms with Gasteiger partial charge in [0.2, 0.25) is 5.91 Å². The highest BCUT2D eigenvalue weighted by Gasteiger charge is 2.30. The van der Waals surface area contributed by atoms with E-state index in [1.165, 1.54) is 11.3 Å². The number of rotatable bonds is 4. The third-order valence-electron chi connectivity index (χ3n) is 6.35. The second-order valence-electron chi connectivity index (χ2n) is 8.51. The summed E-state index contributed by atoms with van der Waals surface area (Å²) in [4.78, 5) is 24.5. The molecule has 6 heteroatoms. The predicted octanol–water partition coefficient (Wildman–Crippen LogP) is 3.89. The van der Waals surface area contributed by atoms with E-state index in [1.54, 1.807) is 11.3 Å². The van der Waals surface area contributed by atoms with Crippen molar-refractivity contribution in [1.82, 2.24) is 14.8 Å². The van der Waals surface area contributed by atoms with Crippen LogP contribution in [0.15, 0.2) is 29.6 Å². The molecule has 0 radical (unpaired) electrons. The van der Waals surface area contributed by atoms with E-state index in [4.69, 9.17) is 0 Å². The Bertz CT molecular complexity index is 816. The summed E-state index contributed by atoms with van der Waals surface area (Å²) in [7, 11) is 0. The van der Waals surface area contributed by atoms with Crippen molar-refractivity contribution >= 4 is 22.9 Å². The van der Waals surface area contributed by atoms with Crippen LogP contribution in [-0.4, -0.2) is 66.0 Å². The molecular formula is C23H32N4OS. The van der Waals surface area contributed by atoms with Gasteiger partial charge in [0.1, 0.15) is 0 Å². The Morgan fingerprint density at radius 2 is 1.69 bits per heavy atom. The fraction of sp³-hybridized carbons (Fsp3) is 0.565. The van der Waals surface area contributed by atoms with Crippen molar-refractivity contribution < 1.29 is 4.79 Å². The van der Waals surface area contributed by atoms with Gasteiger partial charge in [-0.15, -0.1) is 11.3 Å². The average molecular weight is 413 g/mol. The maximum atomic E-state index is 13.0. The van der Waals surface area contributed by atoms with Crippen molar-refractivity contribution in [3.63, 3.8) is 0 Å². The van der Waals surface area contributed by atoms with Gasteiger partial charge in [0.15, 0.2) is 0 Å². The first-order valence-electron chi connectivity index (χ1n) is 10.8. The van der Waals surface area contributed by atoms with Crippen molar-refractivity contribution in [2.24, 2.45) is 5.92 Å². The number of amides is 1. The van der Waals surface area contributed by atoms with E-state index in [-0.39, 0.29) is 5.92 Å². The molecule has 1 amide bonds. The lowest BCUT2D eigenvalue weighted by atomic mass is 9.94. The molecule has 2 saturated heterocycles. The minimum absolute atomic E-state index is 0.189. The van der Waals surface area contributed by atoms with Gasteiger partial charge < -0.3 is 9.80 Å². The van der Waals surface area contributed by atoms with Gasteiger partial charge in [-0.05, 0) is 45.7 Å². The van der Waals surface area contributed by atoms with Gasteiger partial charge >= 0.3 is 0 Å². The SMILES string of the molecule is Cc1nc(-c2ccc(N3CCC(C(=O)N4CCN(C(C)C)CC4)CC3)cc2)cs1. The van der Waals surface area contributed by atoms with Crippen LogP contribution in [0.4, 0.5) is 5.69 Å². The van der Waals surface area contributed by atoms with Gasteiger partial charge in [0.25, 0.3) is 0 Å². The molecule has 0 atom stereocenters. The number of carbonyl (C=O) groups excluding carboxylic acids is 1. The molecule has 2 aliphatic rings. The summed E-state index contributed by atoms with van der Waals surface area (Å²) in [5, 5.41) is 3.21. The zero-order valence-electron chi connectivity index (χ0n) is 17.8. The zero-order valence-corrected chi connectivity index (χ0v) is 18.6. The zero-order chi connectivity index (χ0) is 20.4. The van der Waals surface area contributed by atoms with Crippen molar-refractivity contribution in [2.45, 2.75) is 39.7 Å². The van der Waals surface area contributed by atoms with Crippen LogP contribution in [0, 0.1) is 12.8 Å². The second kappa shape index (κ2) is 8.84. The molecule has 156 valence electrons. The van der Waals surface area contributed by atoms with Gasteiger partial charge in [0.05, 0.1) is 10.7 Å². The van der Waals surface area contributed by atoms with Gasteiger partial charge in [-0.3, -0.25) is 9.69 Å². The van der Waals surface area contributed by atoms with E-state index in [2.05, 4.69) is 63.2 Å². The summed E-state index contributed by atoms with van der Waals surface area (Å²) in [5.74, 6) is 0.566. The highest BCUT2D eigenvalue weighted by Crippen LogP contribution is 2.28. The van der Waals surface area contributed by atoms with Crippen molar-refractivity contribution in [1.29, 1.82) is 0 Å². The Morgan fingerprint density at radius 3 is 2.24 bits per heavy atom. The fourth-order valence-electron chi connectivity index (χ4n) is 4.44.